The van der Waals surface area contributed by atoms with Crippen molar-refractivity contribution in [2.24, 2.45) is 0 Å². The van der Waals surface area contributed by atoms with Gasteiger partial charge >= 0.3 is 6.09 Å². The second-order valence-electron chi connectivity index (χ2n) is 11.9. The first-order valence-electron chi connectivity index (χ1n) is 14.4. The maximum Gasteiger partial charge on any atom is 0.410 e. The summed E-state index contributed by atoms with van der Waals surface area (Å²) < 4.78 is 15.7. The first-order valence-corrected chi connectivity index (χ1v) is 14.4. The zero-order valence-electron chi connectivity index (χ0n) is 25.0. The standard InChI is InChI=1S/C32H34N8O3/c1-20-29(36-37-40(20)25-10-12-38(13-11-25)31(41)43-32(3,4)5)23-14-28(30-24(15-33)17-35-39(30)19-23)42-21(2)27-18-34-16-22-8-6-7-9-26(22)27/h6-9,14,16-19,21,25H,10-13H2,1-5H3. The number of aromatic nitrogens is 6. The molecule has 5 heterocycles. The highest BCUT2D eigenvalue weighted by Gasteiger charge is 2.29. The van der Waals surface area contributed by atoms with Crippen LogP contribution in [0.4, 0.5) is 4.79 Å². The zero-order chi connectivity index (χ0) is 30.3. The van der Waals surface area contributed by atoms with Gasteiger partial charge in [-0.1, -0.05) is 29.5 Å². The highest BCUT2D eigenvalue weighted by atomic mass is 16.6. The smallest absolute Gasteiger partial charge is 0.410 e. The topological polar surface area (TPSA) is 123 Å². The Bertz CT molecular complexity index is 1850. The van der Waals surface area contributed by atoms with E-state index in [0.717, 1.165) is 40.4 Å². The minimum Gasteiger partial charge on any atom is -0.484 e. The minimum absolute atomic E-state index is 0.105. The summed E-state index contributed by atoms with van der Waals surface area (Å²) >= 11 is 0. The van der Waals surface area contributed by atoms with Crippen molar-refractivity contribution in [3.05, 3.63) is 71.9 Å². The predicted octanol–water partition coefficient (Wildman–Crippen LogP) is 6.03. The Morgan fingerprint density at radius 2 is 1.91 bits per heavy atom. The molecule has 0 radical (unpaired) electrons. The normalized spacial score (nSPS) is 15.0. The number of nitrogens with zero attached hydrogens (tertiary/aromatic N) is 8. The van der Waals surface area contributed by atoms with Gasteiger partial charge in [-0.25, -0.2) is 14.0 Å². The molecule has 220 valence electrons. The van der Waals surface area contributed by atoms with E-state index < -0.39 is 5.60 Å². The van der Waals surface area contributed by atoms with Gasteiger partial charge in [0.25, 0.3) is 0 Å². The van der Waals surface area contributed by atoms with Crippen LogP contribution >= 0.6 is 0 Å². The number of carbonyl (C=O) groups excluding carboxylic acids is 1. The van der Waals surface area contributed by atoms with Crippen molar-refractivity contribution in [3.8, 4) is 23.1 Å². The van der Waals surface area contributed by atoms with E-state index in [0.29, 0.717) is 35.6 Å². The van der Waals surface area contributed by atoms with E-state index in [1.807, 2.05) is 82.2 Å². The summed E-state index contributed by atoms with van der Waals surface area (Å²) in [6.45, 7) is 10.8. The van der Waals surface area contributed by atoms with Crippen LogP contribution in [0.25, 0.3) is 27.5 Å². The van der Waals surface area contributed by atoms with Crippen LogP contribution < -0.4 is 4.74 Å². The van der Waals surface area contributed by atoms with Crippen molar-refractivity contribution in [3.63, 3.8) is 0 Å². The molecule has 0 aliphatic carbocycles. The van der Waals surface area contributed by atoms with Gasteiger partial charge in [-0.05, 0) is 58.9 Å². The lowest BCUT2D eigenvalue weighted by Crippen LogP contribution is -2.42. The minimum atomic E-state index is -0.527. The van der Waals surface area contributed by atoms with Crippen molar-refractivity contribution in [2.75, 3.05) is 13.1 Å². The van der Waals surface area contributed by atoms with Gasteiger partial charge in [-0.2, -0.15) is 10.4 Å². The molecule has 5 aromatic rings. The number of carbonyl (C=O) groups is 1. The van der Waals surface area contributed by atoms with Crippen molar-refractivity contribution >= 4 is 22.4 Å². The maximum atomic E-state index is 12.5. The number of amides is 1. The molecule has 1 aliphatic rings. The monoisotopic (exact) mass is 578 g/mol. The Morgan fingerprint density at radius 3 is 2.65 bits per heavy atom. The number of benzene rings is 1. The van der Waals surface area contributed by atoms with E-state index in [2.05, 4.69) is 32.5 Å². The van der Waals surface area contributed by atoms with Crippen molar-refractivity contribution in [1.29, 1.82) is 5.26 Å². The molecule has 11 heteroatoms. The van der Waals surface area contributed by atoms with Gasteiger partial charge in [0.05, 0.1) is 17.9 Å². The van der Waals surface area contributed by atoms with Crippen molar-refractivity contribution in [1.82, 2.24) is 34.5 Å². The largest absolute Gasteiger partial charge is 0.484 e. The first kappa shape index (κ1) is 28.2. The molecular formula is C32H34N8O3. The van der Waals surface area contributed by atoms with E-state index in [1.54, 1.807) is 9.42 Å². The van der Waals surface area contributed by atoms with Gasteiger partial charge < -0.3 is 14.4 Å². The summed E-state index contributed by atoms with van der Waals surface area (Å²) in [6, 6.07) is 12.3. The number of fused-ring (bicyclic) bond motifs is 2. The van der Waals surface area contributed by atoms with Crippen LogP contribution in [-0.2, 0) is 4.74 Å². The van der Waals surface area contributed by atoms with Crippen LogP contribution in [0.15, 0.2) is 55.1 Å². The highest BCUT2D eigenvalue weighted by Crippen LogP contribution is 2.35. The SMILES string of the molecule is Cc1c(-c2cc(OC(C)c3cncc4ccccc34)c3c(C#N)cnn3c2)nnn1C1CCN(C(=O)OC(C)(C)C)CC1. The molecule has 1 amide bonds. The fraction of sp³-hybridized carbons (Fsp3) is 0.375. The molecule has 11 nitrogen and oxygen atoms in total. The molecule has 0 N–H and O–H groups in total. The molecule has 1 atom stereocenters. The molecule has 4 aromatic heterocycles. The van der Waals surface area contributed by atoms with Gasteiger partial charge in [-0.3, -0.25) is 4.98 Å². The lowest BCUT2D eigenvalue weighted by molar-refractivity contribution is 0.0183. The Balaban J connectivity index is 1.29. The summed E-state index contributed by atoms with van der Waals surface area (Å²) in [5.74, 6) is 0.520. The van der Waals surface area contributed by atoms with E-state index in [-0.39, 0.29) is 18.2 Å². The van der Waals surface area contributed by atoms with E-state index in [9.17, 15) is 10.1 Å². The zero-order valence-corrected chi connectivity index (χ0v) is 25.0. The number of nitriles is 1. The summed E-state index contributed by atoms with van der Waals surface area (Å²) in [5.41, 5.74) is 3.80. The molecule has 1 aliphatic heterocycles. The Kier molecular flexibility index (Phi) is 7.22. The van der Waals surface area contributed by atoms with Gasteiger partial charge in [-0.15, -0.1) is 5.10 Å². The van der Waals surface area contributed by atoms with E-state index in [4.69, 9.17) is 9.47 Å². The number of ether oxygens (including phenoxy) is 2. The lowest BCUT2D eigenvalue weighted by Gasteiger charge is -2.33. The van der Waals surface area contributed by atoms with Crippen LogP contribution in [0.3, 0.4) is 0 Å². The van der Waals surface area contributed by atoms with Crippen LogP contribution in [0.2, 0.25) is 0 Å². The first-order chi connectivity index (χ1) is 20.6. The fourth-order valence-corrected chi connectivity index (χ4v) is 5.68. The molecule has 0 bridgehead atoms. The number of rotatable bonds is 5. The molecule has 1 fully saturated rings. The number of pyridine rings is 2. The average Bonchev–Trinajstić information content (AvgIpc) is 3.59. The quantitative estimate of drug-likeness (QED) is 0.248. The summed E-state index contributed by atoms with van der Waals surface area (Å²) in [6.07, 6.45) is 7.90. The summed E-state index contributed by atoms with van der Waals surface area (Å²) in [4.78, 5) is 18.7. The van der Waals surface area contributed by atoms with Gasteiger partial charge in [0, 0.05) is 48.2 Å². The molecule has 1 saturated heterocycles. The summed E-state index contributed by atoms with van der Waals surface area (Å²) in [7, 11) is 0. The number of hydrogen-bond acceptors (Lipinski definition) is 8. The molecule has 43 heavy (non-hydrogen) atoms. The van der Waals surface area contributed by atoms with Crippen LogP contribution in [0.5, 0.6) is 5.75 Å². The predicted molar refractivity (Wildman–Crippen MR) is 161 cm³/mol. The molecule has 6 rings (SSSR count). The Hall–Kier alpha value is -4.98. The third kappa shape index (κ3) is 5.48. The van der Waals surface area contributed by atoms with Gasteiger partial charge in [0.15, 0.2) is 0 Å². The van der Waals surface area contributed by atoms with E-state index >= 15 is 0 Å². The number of likely N-dealkylation sites (tertiary alicyclic amines) is 1. The molecule has 0 saturated carbocycles. The summed E-state index contributed by atoms with van der Waals surface area (Å²) in [5, 5.41) is 25.4. The molecular weight excluding hydrogens is 544 g/mol. The number of hydrogen-bond donors (Lipinski definition) is 0. The van der Waals surface area contributed by atoms with Gasteiger partial charge in [0.2, 0.25) is 0 Å². The van der Waals surface area contributed by atoms with Crippen LogP contribution in [0, 0.1) is 18.3 Å². The lowest BCUT2D eigenvalue weighted by atomic mass is 10.0. The molecule has 1 aromatic carbocycles. The third-order valence-corrected chi connectivity index (χ3v) is 7.80. The van der Waals surface area contributed by atoms with E-state index in [1.165, 1.54) is 6.20 Å². The Labute approximate surface area is 249 Å². The van der Waals surface area contributed by atoms with Crippen LogP contribution in [-0.4, -0.2) is 59.3 Å². The third-order valence-electron chi connectivity index (χ3n) is 7.80. The highest BCUT2D eigenvalue weighted by molar-refractivity contribution is 5.85. The van der Waals surface area contributed by atoms with Crippen molar-refractivity contribution < 1.29 is 14.3 Å². The average molecular weight is 579 g/mol. The second kappa shape index (κ2) is 11.0. The molecule has 1 unspecified atom stereocenters. The second-order valence-corrected chi connectivity index (χ2v) is 11.9. The molecule has 0 spiro atoms. The maximum absolute atomic E-state index is 12.5. The Morgan fingerprint density at radius 1 is 1.14 bits per heavy atom. The number of piperidine rings is 1. The fourth-order valence-electron chi connectivity index (χ4n) is 5.68. The van der Waals surface area contributed by atoms with Crippen molar-refractivity contribution in [2.45, 2.75) is 65.2 Å². The van der Waals surface area contributed by atoms with Gasteiger partial charge in [0.1, 0.15) is 40.3 Å². The van der Waals surface area contributed by atoms with Crippen LogP contribution in [0.1, 0.15) is 69.5 Å².